The van der Waals surface area contributed by atoms with Crippen molar-refractivity contribution in [3.8, 4) is 0 Å². The molecule has 0 aliphatic rings. The second-order valence-corrected chi connectivity index (χ2v) is 2.85. The van der Waals surface area contributed by atoms with Crippen molar-refractivity contribution in [3.05, 3.63) is 0 Å². The Bertz CT molecular complexity index is 76.9. The molecule has 1 unspecified atom stereocenters. The fourth-order valence-electron chi connectivity index (χ4n) is 0.166. The number of hydrogen-bond donors (Lipinski definition) is 1. The lowest BCUT2D eigenvalue weighted by Gasteiger charge is -1.81. The topological polar surface area (TPSA) is 46.5 Å². The van der Waals surface area contributed by atoms with E-state index in [0.717, 1.165) is 24.2 Å². The van der Waals surface area contributed by atoms with Gasteiger partial charge in [0.15, 0.2) is 0 Å². The summed E-state index contributed by atoms with van der Waals surface area (Å²) in [4.78, 5) is 8.05. The van der Waals surface area contributed by atoms with Crippen molar-refractivity contribution in [2.24, 2.45) is 0 Å². The molecule has 8 heavy (non-hydrogen) atoms. The van der Waals surface area contributed by atoms with Gasteiger partial charge in [-0.15, -0.1) is 4.89 Å². The van der Waals surface area contributed by atoms with Gasteiger partial charge in [-0.2, -0.15) is 0 Å². The first-order chi connectivity index (χ1) is 3.77. The van der Waals surface area contributed by atoms with Crippen molar-refractivity contribution in [2.75, 3.05) is 5.75 Å². The maximum Gasteiger partial charge on any atom is 0.707 e. The van der Waals surface area contributed by atoms with Gasteiger partial charge in [0, 0.05) is 10.3 Å². The van der Waals surface area contributed by atoms with Gasteiger partial charge in [-0.05, 0) is 10.4 Å². The van der Waals surface area contributed by atoms with Crippen molar-refractivity contribution < 1.29 is 13.4 Å². The zero-order valence-corrected chi connectivity index (χ0v) is 6.24. The summed E-state index contributed by atoms with van der Waals surface area (Å²) in [5.41, 5.74) is 0. The SMILES string of the molecule is CCCSO[P+](=O)O. The van der Waals surface area contributed by atoms with Crippen LogP contribution in [0.15, 0.2) is 0 Å². The van der Waals surface area contributed by atoms with Crippen LogP contribution in [0.4, 0.5) is 0 Å². The van der Waals surface area contributed by atoms with Gasteiger partial charge >= 0.3 is 8.25 Å². The van der Waals surface area contributed by atoms with Gasteiger partial charge in [-0.25, -0.2) is 0 Å². The first-order valence-corrected chi connectivity index (χ1v) is 4.27. The van der Waals surface area contributed by atoms with Crippen molar-refractivity contribution in [1.29, 1.82) is 0 Å². The van der Waals surface area contributed by atoms with E-state index in [1.807, 2.05) is 6.92 Å². The van der Waals surface area contributed by atoms with Gasteiger partial charge in [-0.1, -0.05) is 6.92 Å². The summed E-state index contributed by atoms with van der Waals surface area (Å²) >= 11 is 1.03. The van der Waals surface area contributed by atoms with Crippen LogP contribution in [0.25, 0.3) is 0 Å². The molecule has 0 rings (SSSR count). The van der Waals surface area contributed by atoms with Gasteiger partial charge in [-0.3, -0.25) is 0 Å². The van der Waals surface area contributed by atoms with Gasteiger partial charge < -0.3 is 0 Å². The molecule has 1 atom stereocenters. The molecule has 0 saturated carbocycles. The van der Waals surface area contributed by atoms with Crippen molar-refractivity contribution >= 4 is 20.3 Å². The minimum atomic E-state index is -2.40. The maximum absolute atomic E-state index is 9.78. The van der Waals surface area contributed by atoms with Gasteiger partial charge in [0.1, 0.15) is 0 Å². The van der Waals surface area contributed by atoms with E-state index in [4.69, 9.17) is 4.89 Å². The Morgan fingerprint density at radius 2 is 2.50 bits per heavy atom. The van der Waals surface area contributed by atoms with Crippen LogP contribution in [0, 0.1) is 0 Å². The quantitative estimate of drug-likeness (QED) is 0.381. The Hall–Kier alpha value is 0.370. The second-order valence-electron chi connectivity index (χ2n) is 1.13. The molecular weight excluding hydrogens is 147 g/mol. The first kappa shape index (κ1) is 8.37. The lowest BCUT2D eigenvalue weighted by atomic mass is 10.6. The maximum atomic E-state index is 9.78. The molecule has 0 amide bonds. The second kappa shape index (κ2) is 5.51. The molecule has 0 aromatic carbocycles. The average Bonchev–Trinajstić information content (AvgIpc) is 1.66. The third-order valence-electron chi connectivity index (χ3n) is 0.404. The van der Waals surface area contributed by atoms with Gasteiger partial charge in [0.05, 0.1) is 12.0 Å². The molecule has 0 aromatic heterocycles. The summed E-state index contributed by atoms with van der Waals surface area (Å²) < 4.78 is 14.0. The monoisotopic (exact) mass is 155 g/mol. The third-order valence-corrected chi connectivity index (χ3v) is 1.91. The molecule has 0 aliphatic heterocycles. The van der Waals surface area contributed by atoms with Crippen LogP contribution in [-0.2, 0) is 8.54 Å². The lowest BCUT2D eigenvalue weighted by Crippen LogP contribution is -1.71. The van der Waals surface area contributed by atoms with Crippen molar-refractivity contribution in [1.82, 2.24) is 0 Å². The van der Waals surface area contributed by atoms with Crippen LogP contribution >= 0.6 is 20.3 Å². The highest BCUT2D eigenvalue weighted by atomic mass is 32.2. The van der Waals surface area contributed by atoms with E-state index in [1.165, 1.54) is 0 Å². The van der Waals surface area contributed by atoms with E-state index < -0.39 is 8.25 Å². The molecule has 0 radical (unpaired) electrons. The van der Waals surface area contributed by atoms with Crippen LogP contribution in [0.5, 0.6) is 0 Å². The van der Waals surface area contributed by atoms with E-state index in [-0.39, 0.29) is 0 Å². The molecular formula is C3H8O3PS+. The van der Waals surface area contributed by atoms with Crippen LogP contribution in [0.3, 0.4) is 0 Å². The molecule has 0 fully saturated rings. The molecule has 0 aliphatic carbocycles. The van der Waals surface area contributed by atoms with Crippen LogP contribution in [-0.4, -0.2) is 10.6 Å². The van der Waals surface area contributed by atoms with Gasteiger partial charge in [0.25, 0.3) is 0 Å². The third kappa shape index (κ3) is 6.37. The van der Waals surface area contributed by atoms with Gasteiger partial charge in [0.2, 0.25) is 0 Å². The Balaban J connectivity index is 2.82. The van der Waals surface area contributed by atoms with Crippen LogP contribution in [0.2, 0.25) is 0 Å². The van der Waals surface area contributed by atoms with Crippen LogP contribution in [0.1, 0.15) is 13.3 Å². The molecule has 5 heteroatoms. The molecule has 0 heterocycles. The number of hydrogen-bond acceptors (Lipinski definition) is 3. The van der Waals surface area contributed by atoms with E-state index in [0.29, 0.717) is 0 Å². The smallest absolute Gasteiger partial charge is 0.133 e. The average molecular weight is 155 g/mol. The summed E-state index contributed by atoms with van der Waals surface area (Å²) in [6.45, 7) is 1.97. The summed E-state index contributed by atoms with van der Waals surface area (Å²) in [5.74, 6) is 0.766. The molecule has 0 spiro atoms. The van der Waals surface area contributed by atoms with E-state index in [1.54, 1.807) is 0 Å². The van der Waals surface area contributed by atoms with E-state index in [9.17, 15) is 4.57 Å². The Labute approximate surface area is 53.6 Å². The summed E-state index contributed by atoms with van der Waals surface area (Å²) in [6.07, 6.45) is 0.952. The molecule has 0 bridgehead atoms. The zero-order valence-electron chi connectivity index (χ0n) is 4.53. The highest BCUT2D eigenvalue weighted by Crippen LogP contribution is 2.23. The molecule has 1 N–H and O–H groups in total. The molecule has 3 nitrogen and oxygen atoms in total. The standard InChI is InChI=1S/C3H7O3PS/c1-2-3-8-6-7(4)5/h2-3H2,1H3/p+1. The highest BCUT2D eigenvalue weighted by molar-refractivity contribution is 7.97. The normalized spacial score (nSPS) is 11.5. The Kier molecular flexibility index (Phi) is 5.76. The highest BCUT2D eigenvalue weighted by Gasteiger charge is 2.10. The number of rotatable bonds is 4. The summed E-state index contributed by atoms with van der Waals surface area (Å²) in [5, 5.41) is 0. The minimum Gasteiger partial charge on any atom is -0.133 e. The first-order valence-electron chi connectivity index (χ1n) is 2.23. The van der Waals surface area contributed by atoms with Crippen molar-refractivity contribution in [3.63, 3.8) is 0 Å². The zero-order chi connectivity index (χ0) is 6.41. The molecule has 48 valence electrons. The fourth-order valence-corrected chi connectivity index (χ4v) is 0.991. The fraction of sp³-hybridized carbons (Fsp3) is 1.00. The molecule has 0 aromatic rings. The van der Waals surface area contributed by atoms with Crippen LogP contribution < -0.4 is 0 Å². The van der Waals surface area contributed by atoms with E-state index >= 15 is 0 Å². The Morgan fingerprint density at radius 3 is 2.88 bits per heavy atom. The minimum absolute atomic E-state index is 0.766. The largest absolute Gasteiger partial charge is 0.707 e. The predicted octanol–water partition coefficient (Wildman–Crippen LogP) is 1.71. The summed E-state index contributed by atoms with van der Waals surface area (Å²) in [6, 6.07) is 0. The Morgan fingerprint density at radius 1 is 1.88 bits per heavy atom. The predicted molar refractivity (Wildman–Crippen MR) is 33.7 cm³/mol. The lowest BCUT2D eigenvalue weighted by molar-refractivity contribution is 0.432. The van der Waals surface area contributed by atoms with Crippen molar-refractivity contribution in [2.45, 2.75) is 13.3 Å². The summed E-state index contributed by atoms with van der Waals surface area (Å²) in [7, 11) is -2.40. The molecule has 0 saturated heterocycles. The van der Waals surface area contributed by atoms with E-state index in [2.05, 4.69) is 3.97 Å².